The minimum absolute atomic E-state index is 0.0274. The maximum absolute atomic E-state index is 12.5. The van der Waals surface area contributed by atoms with Gasteiger partial charge in [0.25, 0.3) is 0 Å². The number of pyridine rings is 1. The molecule has 31 heavy (non-hydrogen) atoms. The Bertz CT molecular complexity index is 1140. The molecule has 2 radical (unpaired) electrons. The normalized spacial score (nSPS) is 11.2. The maximum atomic E-state index is 12.5. The zero-order valence-corrected chi connectivity index (χ0v) is 18.0. The van der Waals surface area contributed by atoms with E-state index in [1.54, 1.807) is 6.08 Å². The van der Waals surface area contributed by atoms with Gasteiger partial charge in [-0.3, -0.25) is 4.79 Å². The summed E-state index contributed by atoms with van der Waals surface area (Å²) in [5.74, 6) is -0.188. The Labute approximate surface area is 183 Å². The van der Waals surface area contributed by atoms with Crippen LogP contribution in [0.3, 0.4) is 0 Å². The summed E-state index contributed by atoms with van der Waals surface area (Å²) in [6.45, 7) is 7.03. The number of nitrogens with one attached hydrogen (secondary N) is 1. The standard InChI is InChI=1S/C24H26BN3O3/c1-3-27(4-2)21-11-8-18-15-19(24(30)31-22(18)16-21)9-10-20-7-5-6-13-28(20)14-12-26-23(29)17-25/h5-11,13,15-16H,3-4,12,14,17H2,1-2H3/p+1. The number of aromatic nitrogens is 1. The highest BCUT2D eigenvalue weighted by Gasteiger charge is 2.10. The SMILES string of the molecule is [B]CC(=O)NCC[n+]1ccccc1/C=C/c1cc2ccc(N(CC)CC)cc2oc1=O. The molecule has 0 saturated carbocycles. The number of amides is 1. The largest absolute Gasteiger partial charge is 0.422 e. The third kappa shape index (κ3) is 5.63. The van der Waals surface area contributed by atoms with Crippen molar-refractivity contribution in [3.63, 3.8) is 0 Å². The number of rotatable bonds is 9. The highest BCUT2D eigenvalue weighted by Crippen LogP contribution is 2.22. The van der Waals surface area contributed by atoms with Gasteiger partial charge in [-0.1, -0.05) is 0 Å². The third-order valence-electron chi connectivity index (χ3n) is 5.14. The van der Waals surface area contributed by atoms with E-state index in [9.17, 15) is 9.59 Å². The van der Waals surface area contributed by atoms with E-state index in [0.29, 0.717) is 24.2 Å². The Kier molecular flexibility index (Phi) is 7.65. The lowest BCUT2D eigenvalue weighted by Gasteiger charge is -2.20. The minimum Gasteiger partial charge on any atom is -0.422 e. The molecule has 0 aliphatic carbocycles. The number of carbonyl (C=O) groups is 1. The van der Waals surface area contributed by atoms with Gasteiger partial charge in [0.1, 0.15) is 5.58 Å². The fourth-order valence-corrected chi connectivity index (χ4v) is 3.43. The topological polar surface area (TPSA) is 66.4 Å². The van der Waals surface area contributed by atoms with Crippen molar-refractivity contribution in [2.24, 2.45) is 0 Å². The van der Waals surface area contributed by atoms with Gasteiger partial charge in [0.05, 0.1) is 20.0 Å². The predicted octanol–water partition coefficient (Wildman–Crippen LogP) is 2.80. The van der Waals surface area contributed by atoms with E-state index in [1.807, 2.05) is 59.3 Å². The molecule has 7 heteroatoms. The van der Waals surface area contributed by atoms with Crippen molar-refractivity contribution in [2.45, 2.75) is 26.7 Å². The van der Waals surface area contributed by atoms with Crippen molar-refractivity contribution in [3.8, 4) is 0 Å². The zero-order valence-electron chi connectivity index (χ0n) is 18.0. The maximum Gasteiger partial charge on any atom is 0.343 e. The molecule has 1 amide bonds. The first-order valence-electron chi connectivity index (χ1n) is 10.5. The van der Waals surface area contributed by atoms with Crippen LogP contribution in [0.2, 0.25) is 6.32 Å². The van der Waals surface area contributed by atoms with Crippen LogP contribution in [0.15, 0.2) is 57.9 Å². The molecule has 6 nitrogen and oxygen atoms in total. The highest BCUT2D eigenvalue weighted by molar-refractivity contribution is 6.19. The number of hydrogen-bond donors (Lipinski definition) is 1. The number of nitrogens with zero attached hydrogens (tertiary/aromatic N) is 2. The number of carbonyl (C=O) groups excluding carboxylic acids is 1. The van der Waals surface area contributed by atoms with Gasteiger partial charge in [-0.25, -0.2) is 4.79 Å². The second-order valence-electron chi connectivity index (χ2n) is 7.09. The molecule has 0 saturated heterocycles. The van der Waals surface area contributed by atoms with E-state index in [4.69, 9.17) is 12.3 Å². The molecule has 158 valence electrons. The summed E-state index contributed by atoms with van der Waals surface area (Å²) in [4.78, 5) is 26.1. The molecule has 3 aromatic rings. The molecule has 0 spiro atoms. The molecule has 2 heterocycles. The second kappa shape index (κ2) is 10.6. The van der Waals surface area contributed by atoms with E-state index in [1.165, 1.54) is 0 Å². The van der Waals surface area contributed by atoms with Crippen LogP contribution in [0.4, 0.5) is 5.69 Å². The first kappa shape index (κ1) is 22.3. The van der Waals surface area contributed by atoms with E-state index >= 15 is 0 Å². The molecule has 3 rings (SSSR count). The van der Waals surface area contributed by atoms with Crippen molar-refractivity contribution < 1.29 is 13.8 Å². The van der Waals surface area contributed by atoms with Crippen molar-refractivity contribution in [2.75, 3.05) is 24.5 Å². The fraction of sp³-hybridized carbons (Fsp3) is 0.292. The molecular formula is C24H27BN3O3+. The molecule has 1 aromatic carbocycles. The van der Waals surface area contributed by atoms with Gasteiger partial charge in [0.2, 0.25) is 11.6 Å². The van der Waals surface area contributed by atoms with E-state index in [0.717, 1.165) is 29.9 Å². The zero-order chi connectivity index (χ0) is 22.2. The Morgan fingerprint density at radius 1 is 1.16 bits per heavy atom. The number of benzene rings is 1. The van der Waals surface area contributed by atoms with Crippen molar-refractivity contribution in [1.82, 2.24) is 5.32 Å². The quantitative estimate of drug-likeness (QED) is 0.331. The number of anilines is 1. The molecule has 0 aliphatic rings. The fourth-order valence-electron chi connectivity index (χ4n) is 3.43. The third-order valence-corrected chi connectivity index (χ3v) is 5.14. The highest BCUT2D eigenvalue weighted by atomic mass is 16.4. The second-order valence-corrected chi connectivity index (χ2v) is 7.09. The van der Waals surface area contributed by atoms with Crippen LogP contribution in [0.25, 0.3) is 23.1 Å². The molecule has 0 unspecified atom stereocenters. The first-order chi connectivity index (χ1) is 15.0. The number of hydrogen-bond acceptors (Lipinski definition) is 4. The van der Waals surface area contributed by atoms with Crippen molar-refractivity contribution >= 4 is 42.6 Å². The predicted molar refractivity (Wildman–Crippen MR) is 125 cm³/mol. The van der Waals surface area contributed by atoms with Gasteiger partial charge in [-0.15, -0.1) is 0 Å². The lowest BCUT2D eigenvalue weighted by molar-refractivity contribution is -0.696. The number of fused-ring (bicyclic) bond motifs is 1. The Balaban J connectivity index is 1.83. The first-order valence-corrected chi connectivity index (χ1v) is 10.5. The summed E-state index contributed by atoms with van der Waals surface area (Å²) >= 11 is 0. The average molecular weight is 416 g/mol. The van der Waals surface area contributed by atoms with Gasteiger partial charge in [0.15, 0.2) is 12.7 Å². The summed E-state index contributed by atoms with van der Waals surface area (Å²) in [6.07, 6.45) is 5.52. The van der Waals surface area contributed by atoms with Crippen LogP contribution in [0, 0.1) is 0 Å². The summed E-state index contributed by atoms with van der Waals surface area (Å²) < 4.78 is 7.59. The molecule has 0 atom stereocenters. The summed E-state index contributed by atoms with van der Waals surface area (Å²) in [5.41, 5.74) is 2.63. The van der Waals surface area contributed by atoms with Crippen LogP contribution >= 0.6 is 0 Å². The lowest BCUT2D eigenvalue weighted by atomic mass is 10.1. The van der Waals surface area contributed by atoms with Gasteiger partial charge >= 0.3 is 5.63 Å². The molecular weight excluding hydrogens is 389 g/mol. The van der Waals surface area contributed by atoms with Crippen molar-refractivity contribution in [3.05, 3.63) is 70.3 Å². The Morgan fingerprint density at radius 2 is 1.97 bits per heavy atom. The van der Waals surface area contributed by atoms with Crippen LogP contribution in [-0.2, 0) is 11.3 Å². The summed E-state index contributed by atoms with van der Waals surface area (Å²) in [5, 5.41) is 3.63. The van der Waals surface area contributed by atoms with Gasteiger partial charge < -0.3 is 14.6 Å². The van der Waals surface area contributed by atoms with Crippen molar-refractivity contribution in [1.29, 1.82) is 0 Å². The molecule has 0 fully saturated rings. The molecule has 1 N–H and O–H groups in total. The molecule has 0 aliphatic heterocycles. The van der Waals surface area contributed by atoms with E-state index in [2.05, 4.69) is 24.1 Å². The van der Waals surface area contributed by atoms with Gasteiger partial charge in [-0.2, -0.15) is 4.57 Å². The summed E-state index contributed by atoms with van der Waals surface area (Å²) in [7, 11) is 5.31. The van der Waals surface area contributed by atoms with Crippen LogP contribution in [0.5, 0.6) is 0 Å². The summed E-state index contributed by atoms with van der Waals surface area (Å²) in [6, 6.07) is 13.6. The minimum atomic E-state index is -0.377. The van der Waals surface area contributed by atoms with Crippen LogP contribution in [0.1, 0.15) is 25.1 Å². The smallest absolute Gasteiger partial charge is 0.343 e. The van der Waals surface area contributed by atoms with Crippen LogP contribution in [-0.4, -0.2) is 33.4 Å². The van der Waals surface area contributed by atoms with E-state index in [-0.39, 0.29) is 17.9 Å². The lowest BCUT2D eigenvalue weighted by Crippen LogP contribution is -2.42. The molecule has 2 aromatic heterocycles. The average Bonchev–Trinajstić information content (AvgIpc) is 2.79. The van der Waals surface area contributed by atoms with Gasteiger partial charge in [-0.05, 0) is 50.5 Å². The van der Waals surface area contributed by atoms with Crippen LogP contribution < -0.4 is 20.4 Å². The molecule has 0 bridgehead atoms. The Morgan fingerprint density at radius 3 is 2.71 bits per heavy atom. The van der Waals surface area contributed by atoms with E-state index < -0.39 is 0 Å². The monoisotopic (exact) mass is 416 g/mol. The Hall–Kier alpha value is -3.35. The van der Waals surface area contributed by atoms with Gasteiger partial charge in [0, 0.05) is 48.4 Å².